The smallest absolute Gasteiger partial charge is 0.143 e. The lowest BCUT2D eigenvalue weighted by atomic mass is 9.83. The van der Waals surface area contributed by atoms with Gasteiger partial charge in [0.2, 0.25) is 0 Å². The lowest BCUT2D eigenvalue weighted by Gasteiger charge is -2.31. The number of aryl methyl sites for hydroxylation is 8. The summed E-state index contributed by atoms with van der Waals surface area (Å²) in [6.07, 6.45) is 9.74. The molecule has 0 fully saturated rings. The molecule has 15 aromatic carbocycles. The van der Waals surface area contributed by atoms with Gasteiger partial charge in [0.05, 0.1) is 11.4 Å². The molecule has 2 aliphatic carbocycles. The predicted molar refractivity (Wildman–Crippen MR) is 406 cm³/mol. The van der Waals surface area contributed by atoms with Crippen LogP contribution in [0.3, 0.4) is 0 Å². The van der Waals surface area contributed by atoms with E-state index in [-0.39, 0.29) is 0 Å². The number of benzene rings is 15. The summed E-state index contributed by atoms with van der Waals surface area (Å²) in [5, 5.41) is 14.8. The molecular formula is C92H74N2O. The molecule has 0 bridgehead atoms. The molecule has 1 aromatic heterocycles. The van der Waals surface area contributed by atoms with Crippen molar-refractivity contribution < 1.29 is 4.42 Å². The first kappa shape index (κ1) is 57.9. The molecule has 0 radical (unpaired) electrons. The minimum atomic E-state index is 0.918. The number of rotatable bonds is 9. The van der Waals surface area contributed by atoms with Gasteiger partial charge >= 0.3 is 0 Å². The lowest BCUT2D eigenvalue weighted by molar-refractivity contribution is 0.670. The molecule has 0 saturated carbocycles. The van der Waals surface area contributed by atoms with Crippen LogP contribution in [0.1, 0.15) is 70.2 Å². The molecule has 0 aliphatic heterocycles. The fourth-order valence-corrected chi connectivity index (χ4v) is 15.8. The Kier molecular flexibility index (Phi) is 14.7. The summed E-state index contributed by atoms with van der Waals surface area (Å²) in [6, 6.07) is 103. The van der Waals surface area contributed by atoms with Crippen LogP contribution in [-0.4, -0.2) is 0 Å². The van der Waals surface area contributed by atoms with Crippen LogP contribution in [0.25, 0.3) is 109 Å². The van der Waals surface area contributed by atoms with E-state index >= 15 is 0 Å². The molecule has 0 saturated heterocycles. The Hall–Kier alpha value is -11.0. The summed E-state index contributed by atoms with van der Waals surface area (Å²) in [7, 11) is 0. The molecule has 0 atom stereocenters. The number of nitrogens with zero attached hydrogens (tertiary/aromatic N) is 2. The van der Waals surface area contributed by atoms with Gasteiger partial charge in [0, 0.05) is 55.4 Å². The van der Waals surface area contributed by atoms with Gasteiger partial charge in [0.1, 0.15) is 11.2 Å². The monoisotopic (exact) mass is 1220 g/mol. The van der Waals surface area contributed by atoms with E-state index in [0.717, 1.165) is 40.3 Å². The molecule has 16 aromatic rings. The van der Waals surface area contributed by atoms with Gasteiger partial charge in [-0.15, -0.1) is 0 Å². The molecule has 3 nitrogen and oxygen atoms in total. The highest BCUT2D eigenvalue weighted by Gasteiger charge is 2.26. The maximum atomic E-state index is 6.53. The second-order valence-corrected chi connectivity index (χ2v) is 26.5. The molecule has 95 heavy (non-hydrogen) atoms. The maximum absolute atomic E-state index is 6.53. The van der Waals surface area contributed by atoms with Crippen molar-refractivity contribution in [3.63, 3.8) is 0 Å². The van der Waals surface area contributed by atoms with Gasteiger partial charge < -0.3 is 14.2 Å². The topological polar surface area (TPSA) is 19.6 Å². The molecular weight excluding hydrogens is 1150 g/mol. The Bertz CT molecular complexity index is 5440. The van der Waals surface area contributed by atoms with Crippen LogP contribution in [0, 0.1) is 27.7 Å². The third-order valence-electron chi connectivity index (χ3n) is 20.9. The molecule has 0 spiro atoms. The van der Waals surface area contributed by atoms with Crippen LogP contribution in [0.4, 0.5) is 34.1 Å². The van der Waals surface area contributed by atoms with E-state index in [2.05, 4.69) is 310 Å². The average molecular weight is 1220 g/mol. The fraction of sp³-hybridized carbons (Fsp3) is 0.130. The molecule has 3 heteroatoms. The zero-order valence-corrected chi connectivity index (χ0v) is 54.5. The number of hydrogen-bond donors (Lipinski definition) is 0. The lowest BCUT2D eigenvalue weighted by Crippen LogP contribution is -2.14. The van der Waals surface area contributed by atoms with Crippen molar-refractivity contribution in [3.05, 3.63) is 324 Å². The Morgan fingerprint density at radius 1 is 0.253 bits per heavy atom. The van der Waals surface area contributed by atoms with Crippen molar-refractivity contribution >= 4 is 110 Å². The van der Waals surface area contributed by atoms with Crippen LogP contribution in [0.15, 0.2) is 283 Å². The Morgan fingerprint density at radius 3 is 1.14 bits per heavy atom. The zero-order chi connectivity index (χ0) is 63.7. The number of hydrogen-bond acceptors (Lipinski definition) is 3. The summed E-state index contributed by atoms with van der Waals surface area (Å²) in [6.45, 7) is 8.90. The standard InChI is InChI=1S/C54H50N2.C38H24O/c1-35-21-25-43(29-37(35)3)55(45-27-23-39-13-5-7-15-41(39)31-45)53-33-51-48-18-10-12-20-50(48)54(34-52(51)47-17-9-11-19-49(47)53)56(44-26-22-36(2)38(4)30-44)46-28-24-40-14-6-8-16-42(40)32-46;1-2-13-25(14-3-1)26-15-4-5-17-28(26)36-29-18-6-8-20-31(29)37(32-21-9-7-19-30(32)36)34-23-12-22-33-27-16-10-11-24-35(27)39-38(33)34/h9-12,17-34H,5-8,13-16H2,1-4H3;1-24H. The predicted octanol–water partition coefficient (Wildman–Crippen LogP) is 26.0. The van der Waals surface area contributed by atoms with Gasteiger partial charge in [-0.2, -0.15) is 0 Å². The van der Waals surface area contributed by atoms with Crippen LogP contribution in [-0.2, 0) is 25.7 Å². The van der Waals surface area contributed by atoms with Gasteiger partial charge in [0.15, 0.2) is 0 Å². The van der Waals surface area contributed by atoms with E-state index in [4.69, 9.17) is 4.42 Å². The van der Waals surface area contributed by atoms with Crippen LogP contribution < -0.4 is 9.80 Å². The van der Waals surface area contributed by atoms with Crippen molar-refractivity contribution in [2.24, 2.45) is 0 Å². The van der Waals surface area contributed by atoms with Crippen molar-refractivity contribution in [1.82, 2.24) is 0 Å². The molecule has 2 aliphatic rings. The van der Waals surface area contributed by atoms with E-state index in [0.29, 0.717) is 0 Å². The first-order valence-corrected chi connectivity index (χ1v) is 34.1. The SMILES string of the molecule is Cc1ccc(N(c2ccc3c(c2)CCCC3)c2cc3c4ccccc4c(N(c4ccc(C)c(C)c4)c4ccc5c(c4)CCCC5)cc3c3ccccc23)cc1C.c1ccc(-c2ccccc2-c2c3ccccc3c(-c3cccc4c3oc3ccccc34)c3ccccc23)cc1. The minimum absolute atomic E-state index is 0.918. The average Bonchev–Trinajstić information content (AvgIpc) is 1.47. The summed E-state index contributed by atoms with van der Waals surface area (Å²) >= 11 is 0. The highest BCUT2D eigenvalue weighted by Crippen LogP contribution is 2.51. The van der Waals surface area contributed by atoms with Crippen molar-refractivity contribution in [2.45, 2.75) is 79.1 Å². The van der Waals surface area contributed by atoms with Crippen LogP contribution in [0.5, 0.6) is 0 Å². The molecule has 458 valence electrons. The third kappa shape index (κ3) is 10.2. The Labute approximate surface area is 556 Å². The molecule has 1 heterocycles. The number of para-hydroxylation sites is 2. The first-order valence-electron chi connectivity index (χ1n) is 34.1. The summed E-state index contributed by atoms with van der Waals surface area (Å²) in [4.78, 5) is 5.06. The Morgan fingerprint density at radius 2 is 0.632 bits per heavy atom. The summed E-state index contributed by atoms with van der Waals surface area (Å²) < 4.78 is 6.53. The third-order valence-corrected chi connectivity index (χ3v) is 20.9. The van der Waals surface area contributed by atoms with E-state index in [1.54, 1.807) is 0 Å². The number of fused-ring (bicyclic) bond motifs is 12. The Balaban J connectivity index is 0.000000153. The molecule has 18 rings (SSSR count). The minimum Gasteiger partial charge on any atom is -0.455 e. The van der Waals surface area contributed by atoms with Gasteiger partial charge in [-0.05, 0) is 256 Å². The normalized spacial score (nSPS) is 12.9. The summed E-state index contributed by atoms with van der Waals surface area (Å²) in [5.74, 6) is 0. The van der Waals surface area contributed by atoms with Gasteiger partial charge in [-0.1, -0.05) is 212 Å². The van der Waals surface area contributed by atoms with Crippen molar-refractivity contribution in [2.75, 3.05) is 9.80 Å². The second-order valence-electron chi connectivity index (χ2n) is 26.5. The van der Waals surface area contributed by atoms with Gasteiger partial charge in [-0.25, -0.2) is 0 Å². The molecule has 0 amide bonds. The van der Waals surface area contributed by atoms with Gasteiger partial charge in [-0.3, -0.25) is 0 Å². The quantitative estimate of drug-likeness (QED) is 0.106. The van der Waals surface area contributed by atoms with E-state index in [9.17, 15) is 0 Å². The summed E-state index contributed by atoms with van der Waals surface area (Å²) in [5.41, 5.74) is 27.7. The maximum Gasteiger partial charge on any atom is 0.143 e. The van der Waals surface area contributed by atoms with Crippen LogP contribution in [0.2, 0.25) is 0 Å². The highest BCUT2D eigenvalue weighted by atomic mass is 16.3. The highest BCUT2D eigenvalue weighted by molar-refractivity contribution is 6.26. The fourth-order valence-electron chi connectivity index (χ4n) is 15.8. The van der Waals surface area contributed by atoms with Gasteiger partial charge in [0.25, 0.3) is 0 Å². The van der Waals surface area contributed by atoms with Crippen molar-refractivity contribution in [3.8, 4) is 33.4 Å². The number of furan rings is 1. The van der Waals surface area contributed by atoms with E-state index in [1.807, 2.05) is 6.07 Å². The first-order chi connectivity index (χ1) is 46.8. The van der Waals surface area contributed by atoms with Crippen molar-refractivity contribution in [1.29, 1.82) is 0 Å². The number of anilines is 6. The van der Waals surface area contributed by atoms with E-state index in [1.165, 1.54) is 199 Å². The second kappa shape index (κ2) is 24.2. The zero-order valence-electron chi connectivity index (χ0n) is 54.5. The van der Waals surface area contributed by atoms with E-state index < -0.39 is 0 Å². The molecule has 0 N–H and O–H groups in total. The largest absolute Gasteiger partial charge is 0.455 e. The molecule has 0 unspecified atom stereocenters. The van der Waals surface area contributed by atoms with Crippen LogP contribution >= 0.6 is 0 Å².